The second-order valence-corrected chi connectivity index (χ2v) is 16.0. The van der Waals surface area contributed by atoms with Crippen LogP contribution in [0.15, 0.2) is 30.3 Å². The molecule has 3 aliphatic carbocycles. The number of phenols is 1. The fourth-order valence-electron chi connectivity index (χ4n) is 8.04. The Kier molecular flexibility index (Phi) is 11.2. The van der Waals surface area contributed by atoms with Gasteiger partial charge in [0.1, 0.15) is 12.3 Å². The van der Waals surface area contributed by atoms with Crippen molar-refractivity contribution >= 4 is 58.4 Å². The van der Waals surface area contributed by atoms with Crippen molar-refractivity contribution in [3.8, 4) is 5.75 Å². The Hall–Kier alpha value is -5.68. The van der Waals surface area contributed by atoms with Gasteiger partial charge < -0.3 is 35.6 Å². The lowest BCUT2D eigenvalue weighted by molar-refractivity contribution is -0.181. The summed E-state index contributed by atoms with van der Waals surface area (Å²) in [5, 5.41) is 26.0. The SMILES string of the molecule is Cc1ccc(C(=O)OCOC(=O)N(CC(=O)Nc2cc(N(C)C)c3c(c2O)C(=O)C2C(=O)[C@]4(O)C(=O)C(C(N)=O)C(=O)[C@@H](N(C)C)[C@@H]4C[C@@H]2C3)C(C)(C)C)cc1. The molecule has 5 rings (SSSR count). The largest absolute Gasteiger partial charge is 0.505 e. The van der Waals surface area contributed by atoms with Crippen molar-refractivity contribution in [2.75, 3.05) is 51.7 Å². The molecule has 0 heterocycles. The van der Waals surface area contributed by atoms with E-state index in [4.69, 9.17) is 15.2 Å². The minimum atomic E-state index is -2.90. The van der Waals surface area contributed by atoms with E-state index in [1.807, 2.05) is 6.92 Å². The van der Waals surface area contributed by atoms with Crippen LogP contribution in [-0.2, 0) is 39.9 Å². The maximum absolute atomic E-state index is 14.4. The fourth-order valence-corrected chi connectivity index (χ4v) is 8.04. The van der Waals surface area contributed by atoms with Crippen LogP contribution in [0.25, 0.3) is 0 Å². The number of carbonyl (C=O) groups excluding carboxylic acids is 8. The van der Waals surface area contributed by atoms with Crippen LogP contribution in [0, 0.1) is 30.6 Å². The van der Waals surface area contributed by atoms with E-state index < -0.39 is 107 Å². The van der Waals surface area contributed by atoms with E-state index in [2.05, 4.69) is 5.32 Å². The molecule has 2 fully saturated rings. The summed E-state index contributed by atoms with van der Waals surface area (Å²) in [6, 6.07) is 6.74. The van der Waals surface area contributed by atoms with Crippen molar-refractivity contribution in [2.45, 2.75) is 57.7 Å². The van der Waals surface area contributed by atoms with Gasteiger partial charge in [-0.15, -0.1) is 0 Å². The van der Waals surface area contributed by atoms with Gasteiger partial charge in [-0.1, -0.05) is 17.7 Å². The number of aliphatic hydroxyl groups is 1. The van der Waals surface area contributed by atoms with Crippen molar-refractivity contribution in [1.82, 2.24) is 9.80 Å². The number of Topliss-reactive ketones (excluding diaryl/α,β-unsaturated/α-hetero) is 4. The van der Waals surface area contributed by atoms with Crippen LogP contribution in [0.2, 0.25) is 0 Å². The third kappa shape index (κ3) is 7.23. The number of anilines is 2. The number of aryl methyl sites for hydroxylation is 1. The Labute approximate surface area is 323 Å². The predicted octanol–water partition coefficient (Wildman–Crippen LogP) is 1.23. The zero-order chi connectivity index (χ0) is 41.8. The molecule has 17 heteroatoms. The van der Waals surface area contributed by atoms with E-state index in [0.717, 1.165) is 10.5 Å². The molecule has 0 radical (unpaired) electrons. The highest BCUT2D eigenvalue weighted by Crippen LogP contribution is 2.52. The number of rotatable bonds is 9. The van der Waals surface area contributed by atoms with Crippen LogP contribution in [0.3, 0.4) is 0 Å². The van der Waals surface area contributed by atoms with Crippen LogP contribution in [0.5, 0.6) is 5.75 Å². The first kappa shape index (κ1) is 41.5. The molecule has 5 N–H and O–H groups in total. The summed E-state index contributed by atoms with van der Waals surface area (Å²) in [6.45, 7) is 5.41. The first-order valence-corrected chi connectivity index (χ1v) is 17.9. The Bertz CT molecular complexity index is 2020. The molecule has 0 saturated heterocycles. The summed E-state index contributed by atoms with van der Waals surface area (Å²) in [7, 11) is 6.32. The molecule has 0 bridgehead atoms. The monoisotopic (exact) mass is 777 g/mol. The normalized spacial score (nSPS) is 24.4. The third-order valence-corrected chi connectivity index (χ3v) is 10.8. The Morgan fingerprint density at radius 1 is 0.982 bits per heavy atom. The van der Waals surface area contributed by atoms with Gasteiger partial charge in [-0.2, -0.15) is 0 Å². The first-order chi connectivity index (χ1) is 26.0. The second kappa shape index (κ2) is 15.1. The molecule has 3 aliphatic rings. The van der Waals surface area contributed by atoms with Crippen LogP contribution in [0.1, 0.15) is 59.0 Å². The van der Waals surface area contributed by atoms with Crippen molar-refractivity contribution in [2.24, 2.45) is 29.4 Å². The maximum atomic E-state index is 14.4. The molecule has 17 nitrogen and oxygen atoms in total. The molecule has 0 aliphatic heterocycles. The van der Waals surface area contributed by atoms with Crippen molar-refractivity contribution < 1.29 is 58.0 Å². The van der Waals surface area contributed by atoms with E-state index in [1.54, 1.807) is 64.0 Å². The summed E-state index contributed by atoms with van der Waals surface area (Å²) in [6.07, 6.45) is -1.10. The van der Waals surface area contributed by atoms with Gasteiger partial charge >= 0.3 is 12.1 Å². The average Bonchev–Trinajstić information content (AvgIpc) is 3.09. The number of ether oxygens (including phenoxy) is 2. The van der Waals surface area contributed by atoms with E-state index in [-0.39, 0.29) is 29.7 Å². The Balaban J connectivity index is 1.41. The minimum absolute atomic E-state index is 0.0132. The molecular weight excluding hydrogens is 730 g/mol. The van der Waals surface area contributed by atoms with Crippen molar-refractivity contribution in [3.63, 3.8) is 0 Å². The summed E-state index contributed by atoms with van der Waals surface area (Å²) in [5.74, 6) is -13.8. The van der Waals surface area contributed by atoms with Crippen LogP contribution >= 0.6 is 0 Å². The number of hydrogen-bond donors (Lipinski definition) is 4. The van der Waals surface area contributed by atoms with Crippen molar-refractivity contribution in [1.29, 1.82) is 0 Å². The Morgan fingerprint density at radius 3 is 2.16 bits per heavy atom. The second-order valence-electron chi connectivity index (χ2n) is 16.0. The topological polar surface area (TPSA) is 243 Å². The number of aromatic hydroxyl groups is 1. The highest BCUT2D eigenvalue weighted by Gasteiger charge is 2.69. The molecule has 2 aromatic carbocycles. The van der Waals surface area contributed by atoms with Gasteiger partial charge in [0.05, 0.1) is 28.8 Å². The van der Waals surface area contributed by atoms with Crippen molar-refractivity contribution in [3.05, 3.63) is 52.6 Å². The maximum Gasteiger partial charge on any atom is 0.413 e. The highest BCUT2D eigenvalue weighted by atomic mass is 16.7. The molecule has 300 valence electrons. The zero-order valence-electron chi connectivity index (χ0n) is 32.5. The van der Waals surface area contributed by atoms with Crippen LogP contribution in [0.4, 0.5) is 16.2 Å². The quantitative estimate of drug-likeness (QED) is 0.121. The molecule has 0 aromatic heterocycles. The average molecular weight is 778 g/mol. The molecule has 2 aromatic rings. The van der Waals surface area contributed by atoms with Gasteiger partial charge in [-0.05, 0) is 84.3 Å². The lowest BCUT2D eigenvalue weighted by Crippen LogP contribution is -2.74. The van der Waals surface area contributed by atoms with Gasteiger partial charge in [0, 0.05) is 31.2 Å². The standard InChI is InChI=1S/C39H47N5O12/c1-18-9-11-19(12-10-18)36(52)55-17-56-37(53)44(38(2,3)4)16-25(45)41-23-15-24(42(5)6)21-13-20-14-22-29(43(7)8)32(48)28(35(40)51)34(50)39(22,54)33(49)26(20)31(47)27(21)30(23)46/h9-12,15,20,22,26,28-29,46,54H,13-14,16-17H2,1-8H3,(H2,40,51)(H,41,45)/t20-,22-,26?,28?,29-,39-/m0/s1. The molecule has 2 saturated carbocycles. The predicted molar refractivity (Wildman–Crippen MR) is 199 cm³/mol. The number of nitrogens with zero attached hydrogens (tertiary/aromatic N) is 3. The Morgan fingerprint density at radius 2 is 1.61 bits per heavy atom. The zero-order valence-corrected chi connectivity index (χ0v) is 32.5. The first-order valence-electron chi connectivity index (χ1n) is 17.9. The van der Waals surface area contributed by atoms with E-state index in [1.165, 1.54) is 25.1 Å². The lowest BCUT2D eigenvalue weighted by Gasteiger charge is -2.52. The lowest BCUT2D eigenvalue weighted by atomic mass is 9.52. The number of primary amides is 1. The summed E-state index contributed by atoms with van der Waals surface area (Å²) in [5.41, 5.74) is 2.86. The third-order valence-electron chi connectivity index (χ3n) is 10.8. The number of likely N-dealkylation sites (N-methyl/N-ethyl adjacent to an activating group) is 1. The van der Waals surface area contributed by atoms with Gasteiger partial charge in [-0.3, -0.25) is 38.6 Å². The number of nitrogens with one attached hydrogen (secondary N) is 1. The highest BCUT2D eigenvalue weighted by molar-refractivity contribution is 6.32. The van der Waals surface area contributed by atoms with E-state index in [0.29, 0.717) is 11.3 Å². The van der Waals surface area contributed by atoms with Crippen LogP contribution < -0.4 is 16.0 Å². The minimum Gasteiger partial charge on any atom is -0.505 e. The molecule has 0 spiro atoms. The number of fused-ring (bicyclic) bond motifs is 3. The molecule has 6 atom stereocenters. The molecule has 56 heavy (non-hydrogen) atoms. The molecule has 3 amide bonds. The van der Waals surface area contributed by atoms with Gasteiger partial charge in [0.2, 0.25) is 18.6 Å². The van der Waals surface area contributed by atoms with E-state index >= 15 is 0 Å². The summed E-state index contributed by atoms with van der Waals surface area (Å²) in [4.78, 5) is 111. The van der Waals surface area contributed by atoms with Gasteiger partial charge in [0.25, 0.3) is 0 Å². The number of phenolic OH excluding ortho intramolecular Hbond substituents is 1. The fraction of sp³-hybridized carbons (Fsp3) is 0.487. The smallest absolute Gasteiger partial charge is 0.413 e. The number of ketones is 4. The van der Waals surface area contributed by atoms with Crippen LogP contribution in [-0.4, -0.2) is 126 Å². The molecular formula is C39H47N5O12. The number of benzene rings is 2. The number of esters is 1. The van der Waals surface area contributed by atoms with E-state index in [9.17, 15) is 48.6 Å². The number of carbonyl (C=O) groups is 8. The van der Waals surface area contributed by atoms with Gasteiger partial charge in [-0.25, -0.2) is 9.59 Å². The number of nitrogens with two attached hydrogens (primary N) is 1. The molecule has 2 unspecified atom stereocenters. The number of amides is 3. The summed E-state index contributed by atoms with van der Waals surface area (Å²) < 4.78 is 10.2. The van der Waals surface area contributed by atoms with Gasteiger partial charge in [0.15, 0.2) is 34.7 Å². The number of hydrogen-bond acceptors (Lipinski definition) is 14. The summed E-state index contributed by atoms with van der Waals surface area (Å²) >= 11 is 0.